The Morgan fingerprint density at radius 1 is 1.17 bits per heavy atom. The van der Waals surface area contributed by atoms with Crippen molar-refractivity contribution in [1.82, 2.24) is 9.91 Å². The van der Waals surface area contributed by atoms with E-state index in [1.54, 1.807) is 5.01 Å². The molecule has 2 aliphatic heterocycles. The Hall–Kier alpha value is -2.17. The average molecular weight is 424 g/mol. The van der Waals surface area contributed by atoms with Crippen LogP contribution in [0.1, 0.15) is 60.9 Å². The van der Waals surface area contributed by atoms with Crippen LogP contribution >= 0.6 is 11.6 Å². The van der Waals surface area contributed by atoms with Gasteiger partial charge in [0, 0.05) is 23.0 Å². The minimum atomic E-state index is -0.166. The molecule has 0 spiro atoms. The largest absolute Gasteiger partial charge is 0.292 e. The van der Waals surface area contributed by atoms with E-state index < -0.39 is 0 Å². The van der Waals surface area contributed by atoms with Crippen LogP contribution in [0.5, 0.6) is 0 Å². The summed E-state index contributed by atoms with van der Waals surface area (Å²) in [5.41, 5.74) is 5.41. The summed E-state index contributed by atoms with van der Waals surface area (Å²) < 4.78 is 0. The molecule has 0 saturated carbocycles. The molecule has 0 aromatic heterocycles. The van der Waals surface area contributed by atoms with Gasteiger partial charge in [0.2, 0.25) is 0 Å². The number of hydrogen-bond acceptors (Lipinski definition) is 3. The van der Waals surface area contributed by atoms with Crippen LogP contribution in [0.25, 0.3) is 0 Å². The maximum absolute atomic E-state index is 13.4. The molecule has 2 unspecified atom stereocenters. The molecule has 2 heterocycles. The maximum atomic E-state index is 13.4. The fourth-order valence-corrected chi connectivity index (χ4v) is 4.84. The third-order valence-electron chi connectivity index (χ3n) is 6.41. The van der Waals surface area contributed by atoms with E-state index in [0.29, 0.717) is 24.0 Å². The molecule has 2 atom stereocenters. The quantitative estimate of drug-likeness (QED) is 0.650. The number of piperidine rings is 1. The Kier molecular flexibility index (Phi) is 6.26. The molecule has 2 aromatic carbocycles. The third kappa shape index (κ3) is 4.30. The molecule has 1 amide bonds. The number of amides is 1. The molecule has 0 aliphatic carbocycles. The number of hydrazone groups is 1. The standard InChI is InChI=1S/C25H30ClN3O/c1-17-11-12-18(2)21(14-17)23-15-24(20-9-4-5-10-22(20)26)29(27-23)25(30)16-28-13-7-6-8-19(28)3/h4-5,9-12,14,19,24H,6-8,13,15-16H2,1-3H3. The molecule has 1 saturated heterocycles. The van der Waals surface area contributed by atoms with E-state index in [4.69, 9.17) is 16.7 Å². The van der Waals surface area contributed by atoms with Gasteiger partial charge in [-0.2, -0.15) is 5.10 Å². The van der Waals surface area contributed by atoms with Gasteiger partial charge in [-0.25, -0.2) is 5.01 Å². The van der Waals surface area contributed by atoms with Crippen molar-refractivity contribution in [2.24, 2.45) is 5.10 Å². The molecular weight excluding hydrogens is 394 g/mol. The molecule has 5 heteroatoms. The highest BCUT2D eigenvalue weighted by Gasteiger charge is 2.35. The topological polar surface area (TPSA) is 35.9 Å². The lowest BCUT2D eigenvalue weighted by molar-refractivity contribution is -0.135. The van der Waals surface area contributed by atoms with Gasteiger partial charge >= 0.3 is 0 Å². The van der Waals surface area contributed by atoms with Gasteiger partial charge < -0.3 is 0 Å². The van der Waals surface area contributed by atoms with Crippen molar-refractivity contribution < 1.29 is 4.79 Å². The Balaban J connectivity index is 1.67. The minimum absolute atomic E-state index is 0.0500. The first-order valence-corrected chi connectivity index (χ1v) is 11.3. The number of aryl methyl sites for hydroxylation is 2. The monoisotopic (exact) mass is 423 g/mol. The van der Waals surface area contributed by atoms with Crippen molar-refractivity contribution in [2.75, 3.05) is 13.1 Å². The second-order valence-electron chi connectivity index (χ2n) is 8.66. The number of likely N-dealkylation sites (tertiary alicyclic amines) is 1. The van der Waals surface area contributed by atoms with Crippen LogP contribution in [-0.2, 0) is 4.79 Å². The van der Waals surface area contributed by atoms with Crippen molar-refractivity contribution in [2.45, 2.75) is 58.5 Å². The van der Waals surface area contributed by atoms with Crippen molar-refractivity contribution in [1.29, 1.82) is 0 Å². The van der Waals surface area contributed by atoms with Gasteiger partial charge in [-0.1, -0.05) is 53.9 Å². The predicted octanol–water partition coefficient (Wildman–Crippen LogP) is 5.51. The summed E-state index contributed by atoms with van der Waals surface area (Å²) in [5, 5.41) is 7.24. The molecule has 0 N–H and O–H groups in total. The van der Waals surface area contributed by atoms with E-state index in [9.17, 15) is 4.79 Å². The highest BCUT2D eigenvalue weighted by molar-refractivity contribution is 6.31. The molecule has 4 rings (SSSR count). The highest BCUT2D eigenvalue weighted by Crippen LogP contribution is 2.37. The van der Waals surface area contributed by atoms with Crippen molar-refractivity contribution in [3.8, 4) is 0 Å². The zero-order valence-electron chi connectivity index (χ0n) is 18.1. The number of rotatable bonds is 4. The van der Waals surface area contributed by atoms with Crippen LogP contribution in [0.3, 0.4) is 0 Å². The van der Waals surface area contributed by atoms with Crippen LogP contribution in [0, 0.1) is 13.8 Å². The van der Waals surface area contributed by atoms with Gasteiger partial charge in [0.1, 0.15) is 0 Å². The second kappa shape index (κ2) is 8.91. The van der Waals surface area contributed by atoms with Crippen molar-refractivity contribution in [3.63, 3.8) is 0 Å². The Bertz CT molecular complexity index is 971. The lowest BCUT2D eigenvalue weighted by Crippen LogP contribution is -2.44. The highest BCUT2D eigenvalue weighted by atomic mass is 35.5. The molecular formula is C25H30ClN3O. The summed E-state index contributed by atoms with van der Waals surface area (Å²) in [5.74, 6) is 0.0500. The number of halogens is 1. The molecule has 0 bridgehead atoms. The zero-order valence-corrected chi connectivity index (χ0v) is 18.8. The Labute approximate surface area is 184 Å². The maximum Gasteiger partial charge on any atom is 0.257 e. The smallest absolute Gasteiger partial charge is 0.257 e. The summed E-state index contributed by atoms with van der Waals surface area (Å²) in [6.07, 6.45) is 4.23. The Morgan fingerprint density at radius 3 is 2.73 bits per heavy atom. The summed E-state index contributed by atoms with van der Waals surface area (Å²) in [7, 11) is 0. The van der Waals surface area contributed by atoms with Crippen LogP contribution in [-0.4, -0.2) is 40.7 Å². The van der Waals surface area contributed by atoms with Crippen LogP contribution in [0.2, 0.25) is 5.02 Å². The molecule has 0 radical (unpaired) electrons. The number of benzene rings is 2. The molecule has 2 aliphatic rings. The van der Waals surface area contributed by atoms with Gasteiger partial charge in [0.15, 0.2) is 0 Å². The van der Waals surface area contributed by atoms with Crippen LogP contribution in [0.4, 0.5) is 0 Å². The SMILES string of the molecule is Cc1ccc(C)c(C2=NN(C(=O)CN3CCCCC3C)C(c3ccccc3Cl)C2)c1. The Morgan fingerprint density at radius 2 is 1.97 bits per heavy atom. The summed E-state index contributed by atoms with van der Waals surface area (Å²) in [6.45, 7) is 7.79. The third-order valence-corrected chi connectivity index (χ3v) is 6.76. The number of carbonyl (C=O) groups is 1. The predicted molar refractivity (Wildman–Crippen MR) is 123 cm³/mol. The summed E-state index contributed by atoms with van der Waals surface area (Å²) in [4.78, 5) is 15.7. The molecule has 30 heavy (non-hydrogen) atoms. The zero-order chi connectivity index (χ0) is 21.3. The van der Waals surface area contributed by atoms with Crippen molar-refractivity contribution in [3.05, 3.63) is 69.7 Å². The number of carbonyl (C=O) groups excluding carboxylic acids is 1. The molecule has 1 fully saturated rings. The second-order valence-corrected chi connectivity index (χ2v) is 9.07. The summed E-state index contributed by atoms with van der Waals surface area (Å²) >= 11 is 6.54. The fourth-order valence-electron chi connectivity index (χ4n) is 4.58. The van der Waals surface area contributed by atoms with E-state index in [-0.39, 0.29) is 11.9 Å². The fraction of sp³-hybridized carbons (Fsp3) is 0.440. The molecule has 2 aromatic rings. The van der Waals surface area contributed by atoms with Gasteiger partial charge in [0.25, 0.3) is 5.91 Å². The number of nitrogens with zero attached hydrogens (tertiary/aromatic N) is 3. The van der Waals surface area contributed by atoms with Gasteiger partial charge in [-0.3, -0.25) is 9.69 Å². The molecule has 4 nitrogen and oxygen atoms in total. The lowest BCUT2D eigenvalue weighted by atomic mass is 9.95. The van der Waals surface area contributed by atoms with Gasteiger partial charge in [-0.05, 0) is 63.4 Å². The average Bonchev–Trinajstić information content (AvgIpc) is 3.17. The number of hydrogen-bond donors (Lipinski definition) is 0. The van der Waals surface area contributed by atoms with E-state index in [2.05, 4.69) is 43.9 Å². The lowest BCUT2D eigenvalue weighted by Gasteiger charge is -2.34. The molecule has 158 valence electrons. The van der Waals surface area contributed by atoms with E-state index >= 15 is 0 Å². The normalized spacial score (nSPS) is 22.3. The van der Waals surface area contributed by atoms with Crippen molar-refractivity contribution >= 4 is 23.2 Å². The van der Waals surface area contributed by atoms with Crippen LogP contribution < -0.4 is 0 Å². The van der Waals surface area contributed by atoms with Gasteiger partial charge in [0.05, 0.1) is 18.3 Å². The summed E-state index contributed by atoms with van der Waals surface area (Å²) in [6, 6.07) is 14.5. The van der Waals surface area contributed by atoms with Gasteiger partial charge in [-0.15, -0.1) is 0 Å². The van der Waals surface area contributed by atoms with E-state index in [1.807, 2.05) is 24.3 Å². The first kappa shape index (κ1) is 21.1. The van der Waals surface area contributed by atoms with Crippen LogP contribution in [0.15, 0.2) is 47.6 Å². The van der Waals surface area contributed by atoms with E-state index in [1.165, 1.54) is 17.5 Å². The minimum Gasteiger partial charge on any atom is -0.292 e. The first-order chi connectivity index (χ1) is 14.4. The van der Waals surface area contributed by atoms with E-state index in [0.717, 1.165) is 36.2 Å². The first-order valence-electron chi connectivity index (χ1n) is 10.9.